The van der Waals surface area contributed by atoms with E-state index in [1.807, 2.05) is 23.1 Å². The molecule has 0 aliphatic carbocycles. The van der Waals surface area contributed by atoms with E-state index in [2.05, 4.69) is 34.7 Å². The molecular formula is C14H17N3. The van der Waals surface area contributed by atoms with Crippen LogP contribution in [0, 0.1) is 0 Å². The lowest BCUT2D eigenvalue weighted by molar-refractivity contribution is 0.460. The zero-order valence-corrected chi connectivity index (χ0v) is 9.84. The predicted octanol–water partition coefficient (Wildman–Crippen LogP) is 2.34. The van der Waals surface area contributed by atoms with Gasteiger partial charge in [0.2, 0.25) is 0 Å². The van der Waals surface area contributed by atoms with Gasteiger partial charge in [0.05, 0.1) is 5.69 Å². The molecule has 2 aromatic rings. The van der Waals surface area contributed by atoms with Crippen LogP contribution in [0.4, 0.5) is 0 Å². The van der Waals surface area contributed by atoms with Crippen LogP contribution in [0.1, 0.15) is 24.3 Å². The van der Waals surface area contributed by atoms with Gasteiger partial charge in [-0.1, -0.05) is 18.2 Å². The van der Waals surface area contributed by atoms with E-state index >= 15 is 0 Å². The molecule has 3 rings (SSSR count). The SMILES string of the molecule is c1ccc(-n2cccn2)c(C2CCCNC2)c1. The minimum Gasteiger partial charge on any atom is -0.316 e. The highest BCUT2D eigenvalue weighted by molar-refractivity contribution is 5.42. The van der Waals surface area contributed by atoms with Crippen molar-refractivity contribution in [2.75, 3.05) is 13.1 Å². The monoisotopic (exact) mass is 227 g/mol. The van der Waals surface area contributed by atoms with Gasteiger partial charge >= 0.3 is 0 Å². The van der Waals surface area contributed by atoms with Gasteiger partial charge in [-0.25, -0.2) is 4.68 Å². The highest BCUT2D eigenvalue weighted by atomic mass is 15.3. The molecule has 0 radical (unpaired) electrons. The Morgan fingerprint density at radius 1 is 1.24 bits per heavy atom. The van der Waals surface area contributed by atoms with Crippen LogP contribution < -0.4 is 5.32 Å². The molecule has 1 aromatic heterocycles. The lowest BCUT2D eigenvalue weighted by Crippen LogP contribution is -2.29. The van der Waals surface area contributed by atoms with Crippen molar-refractivity contribution < 1.29 is 0 Å². The van der Waals surface area contributed by atoms with Crippen molar-refractivity contribution in [1.29, 1.82) is 0 Å². The second-order valence-electron chi connectivity index (χ2n) is 4.55. The molecule has 1 unspecified atom stereocenters. The van der Waals surface area contributed by atoms with Crippen LogP contribution in [0.15, 0.2) is 42.7 Å². The molecular weight excluding hydrogens is 210 g/mol. The van der Waals surface area contributed by atoms with Crippen LogP contribution in [0.25, 0.3) is 5.69 Å². The lowest BCUT2D eigenvalue weighted by Gasteiger charge is -2.25. The summed E-state index contributed by atoms with van der Waals surface area (Å²) in [5, 5.41) is 7.81. The molecule has 0 spiro atoms. The number of piperidine rings is 1. The van der Waals surface area contributed by atoms with Gasteiger partial charge in [0.15, 0.2) is 0 Å². The van der Waals surface area contributed by atoms with Crippen molar-refractivity contribution in [2.45, 2.75) is 18.8 Å². The molecule has 3 heteroatoms. The number of nitrogens with zero attached hydrogens (tertiary/aromatic N) is 2. The molecule has 0 bridgehead atoms. The maximum Gasteiger partial charge on any atom is 0.0680 e. The Bertz CT molecular complexity index is 470. The third-order valence-electron chi connectivity index (χ3n) is 3.42. The minimum absolute atomic E-state index is 0.615. The summed E-state index contributed by atoms with van der Waals surface area (Å²) in [6, 6.07) is 10.6. The maximum atomic E-state index is 4.34. The topological polar surface area (TPSA) is 29.9 Å². The summed E-state index contributed by atoms with van der Waals surface area (Å²) < 4.78 is 1.96. The van der Waals surface area contributed by atoms with E-state index in [9.17, 15) is 0 Å². The summed E-state index contributed by atoms with van der Waals surface area (Å²) in [5.41, 5.74) is 2.62. The van der Waals surface area contributed by atoms with Crippen LogP contribution in [-0.2, 0) is 0 Å². The minimum atomic E-state index is 0.615. The highest BCUT2D eigenvalue weighted by Gasteiger charge is 2.18. The number of para-hydroxylation sites is 1. The second-order valence-corrected chi connectivity index (χ2v) is 4.55. The van der Waals surface area contributed by atoms with Crippen LogP contribution in [0.2, 0.25) is 0 Å². The standard InChI is InChI=1S/C14H17N3/c1-2-7-14(17-10-4-9-16-17)13(6-1)12-5-3-8-15-11-12/h1-2,4,6-7,9-10,12,15H,3,5,8,11H2. The third-order valence-corrected chi connectivity index (χ3v) is 3.42. The number of rotatable bonds is 2. The van der Waals surface area contributed by atoms with E-state index in [1.54, 1.807) is 0 Å². The van der Waals surface area contributed by atoms with E-state index in [1.165, 1.54) is 24.1 Å². The van der Waals surface area contributed by atoms with E-state index in [-0.39, 0.29) is 0 Å². The summed E-state index contributed by atoms with van der Waals surface area (Å²) in [5.74, 6) is 0.615. The number of hydrogen-bond acceptors (Lipinski definition) is 2. The second kappa shape index (κ2) is 4.72. The number of benzene rings is 1. The first-order chi connectivity index (χ1) is 8.45. The Hall–Kier alpha value is -1.61. The average Bonchev–Trinajstić information content (AvgIpc) is 2.94. The molecule has 1 N–H and O–H groups in total. The molecule has 1 saturated heterocycles. The molecule has 1 aliphatic heterocycles. The number of hydrogen-bond donors (Lipinski definition) is 1. The van der Waals surface area contributed by atoms with Crippen molar-refractivity contribution >= 4 is 0 Å². The molecule has 2 heterocycles. The zero-order chi connectivity index (χ0) is 11.5. The van der Waals surface area contributed by atoms with Gasteiger partial charge in [0, 0.05) is 18.9 Å². The maximum absolute atomic E-state index is 4.34. The predicted molar refractivity (Wildman–Crippen MR) is 68.4 cm³/mol. The summed E-state index contributed by atoms with van der Waals surface area (Å²) in [6.45, 7) is 2.23. The number of aromatic nitrogens is 2. The molecule has 1 aliphatic rings. The summed E-state index contributed by atoms with van der Waals surface area (Å²) in [4.78, 5) is 0. The fourth-order valence-corrected chi connectivity index (χ4v) is 2.57. The molecule has 0 amide bonds. The summed E-state index contributed by atoms with van der Waals surface area (Å²) in [7, 11) is 0. The van der Waals surface area contributed by atoms with Gasteiger partial charge in [-0.2, -0.15) is 5.10 Å². The molecule has 88 valence electrons. The van der Waals surface area contributed by atoms with E-state index < -0.39 is 0 Å². The Morgan fingerprint density at radius 3 is 2.94 bits per heavy atom. The lowest BCUT2D eigenvalue weighted by atomic mass is 9.90. The van der Waals surface area contributed by atoms with Crippen LogP contribution in [0.3, 0.4) is 0 Å². The van der Waals surface area contributed by atoms with Crippen LogP contribution in [-0.4, -0.2) is 22.9 Å². The van der Waals surface area contributed by atoms with Gasteiger partial charge in [-0.3, -0.25) is 0 Å². The zero-order valence-electron chi connectivity index (χ0n) is 9.84. The molecule has 1 aromatic carbocycles. The number of nitrogens with one attached hydrogen (secondary N) is 1. The summed E-state index contributed by atoms with van der Waals surface area (Å²) >= 11 is 0. The fraction of sp³-hybridized carbons (Fsp3) is 0.357. The fourth-order valence-electron chi connectivity index (χ4n) is 2.57. The normalized spacial score (nSPS) is 20.4. The van der Waals surface area contributed by atoms with Gasteiger partial charge in [0.1, 0.15) is 0 Å². The van der Waals surface area contributed by atoms with Crippen molar-refractivity contribution in [3.05, 3.63) is 48.3 Å². The first kappa shape index (κ1) is 10.5. The van der Waals surface area contributed by atoms with Gasteiger partial charge in [0.25, 0.3) is 0 Å². The van der Waals surface area contributed by atoms with Crippen molar-refractivity contribution in [1.82, 2.24) is 15.1 Å². The van der Waals surface area contributed by atoms with Gasteiger partial charge in [-0.05, 0) is 43.0 Å². The largest absolute Gasteiger partial charge is 0.316 e. The Morgan fingerprint density at radius 2 is 2.18 bits per heavy atom. The Balaban J connectivity index is 1.98. The van der Waals surface area contributed by atoms with Gasteiger partial charge < -0.3 is 5.32 Å². The molecule has 17 heavy (non-hydrogen) atoms. The first-order valence-electron chi connectivity index (χ1n) is 6.25. The van der Waals surface area contributed by atoms with E-state index in [0.29, 0.717) is 5.92 Å². The third kappa shape index (κ3) is 2.11. The van der Waals surface area contributed by atoms with Crippen LogP contribution in [0.5, 0.6) is 0 Å². The Kier molecular flexibility index (Phi) is 2.92. The average molecular weight is 227 g/mol. The van der Waals surface area contributed by atoms with Crippen molar-refractivity contribution in [3.63, 3.8) is 0 Å². The highest BCUT2D eigenvalue weighted by Crippen LogP contribution is 2.27. The van der Waals surface area contributed by atoms with Gasteiger partial charge in [-0.15, -0.1) is 0 Å². The summed E-state index contributed by atoms with van der Waals surface area (Å²) in [6.07, 6.45) is 6.37. The molecule has 1 fully saturated rings. The Labute approximate surface area is 101 Å². The smallest absolute Gasteiger partial charge is 0.0680 e. The van der Waals surface area contributed by atoms with Crippen LogP contribution >= 0.6 is 0 Å². The van der Waals surface area contributed by atoms with E-state index in [4.69, 9.17) is 0 Å². The van der Waals surface area contributed by atoms with Crippen molar-refractivity contribution in [2.24, 2.45) is 0 Å². The van der Waals surface area contributed by atoms with E-state index in [0.717, 1.165) is 13.1 Å². The van der Waals surface area contributed by atoms with Crippen molar-refractivity contribution in [3.8, 4) is 5.69 Å². The molecule has 3 nitrogen and oxygen atoms in total. The quantitative estimate of drug-likeness (QED) is 0.853. The molecule has 0 saturated carbocycles. The molecule has 1 atom stereocenters. The first-order valence-corrected chi connectivity index (χ1v) is 6.25.